The number of aromatic nitrogens is 2. The smallest absolute Gasteiger partial charge is 0.383 e. The van der Waals surface area contributed by atoms with Gasteiger partial charge >= 0.3 is 6.18 Å². The lowest BCUT2D eigenvalue weighted by Gasteiger charge is -2.05. The van der Waals surface area contributed by atoms with Crippen molar-refractivity contribution in [3.63, 3.8) is 0 Å². The molecule has 0 amide bonds. The van der Waals surface area contributed by atoms with Crippen LogP contribution in [0.2, 0.25) is 0 Å². The number of Topliss-reactive ketones (excluding diaryl/α,β-unsaturated/α-hetero) is 1. The molecule has 1 heterocycles. The molecule has 0 aromatic carbocycles. The Morgan fingerprint density at radius 3 is 2.69 bits per heavy atom. The van der Waals surface area contributed by atoms with Gasteiger partial charge in [0.25, 0.3) is 5.78 Å². The van der Waals surface area contributed by atoms with Gasteiger partial charge in [0.2, 0.25) is 0 Å². The highest BCUT2D eigenvalue weighted by molar-refractivity contribution is 6.03. The second-order valence-corrected chi connectivity index (χ2v) is 3.90. The zero-order valence-electron chi connectivity index (χ0n) is 8.29. The number of nitrogens with zero attached hydrogens (tertiary/aromatic N) is 2. The Morgan fingerprint density at radius 1 is 1.56 bits per heavy atom. The van der Waals surface area contributed by atoms with Crippen LogP contribution in [0.1, 0.15) is 23.2 Å². The third kappa shape index (κ3) is 2.02. The summed E-state index contributed by atoms with van der Waals surface area (Å²) in [6.07, 6.45) is -1.96. The van der Waals surface area contributed by atoms with Crippen LogP contribution in [0.4, 0.5) is 19.0 Å². The predicted octanol–water partition coefficient (Wildman–Crippen LogP) is 1.62. The molecule has 1 fully saturated rings. The number of ketones is 1. The molecule has 4 nitrogen and oxygen atoms in total. The molecular weight excluding hydrogens is 223 g/mol. The summed E-state index contributed by atoms with van der Waals surface area (Å²) in [4.78, 5) is 10.9. The van der Waals surface area contributed by atoms with Crippen LogP contribution in [0.3, 0.4) is 0 Å². The molecular formula is C9H10F3N3O. The van der Waals surface area contributed by atoms with E-state index in [2.05, 4.69) is 5.10 Å². The van der Waals surface area contributed by atoms with Gasteiger partial charge in [0.1, 0.15) is 5.82 Å². The Morgan fingerprint density at radius 2 is 2.19 bits per heavy atom. The molecule has 0 radical (unpaired) electrons. The second kappa shape index (κ2) is 3.50. The van der Waals surface area contributed by atoms with Crippen molar-refractivity contribution in [2.45, 2.75) is 25.6 Å². The summed E-state index contributed by atoms with van der Waals surface area (Å²) >= 11 is 0. The summed E-state index contributed by atoms with van der Waals surface area (Å²) < 4.78 is 37.7. The number of hydrogen-bond donors (Lipinski definition) is 1. The Labute approximate surface area is 89.2 Å². The standard InChI is InChI=1S/C9H10F3N3O/c10-9(11,12)7(16)6-3-14-15(8(6)13)4-5-1-2-5/h3,5H,1-2,4,13H2. The van der Waals surface area contributed by atoms with Crippen molar-refractivity contribution in [3.05, 3.63) is 11.8 Å². The average molecular weight is 233 g/mol. The van der Waals surface area contributed by atoms with Gasteiger partial charge in [-0.2, -0.15) is 18.3 Å². The van der Waals surface area contributed by atoms with Crippen LogP contribution < -0.4 is 5.73 Å². The number of nitrogens with two attached hydrogens (primary N) is 1. The van der Waals surface area contributed by atoms with Crippen LogP contribution in [0.15, 0.2) is 6.20 Å². The predicted molar refractivity (Wildman–Crippen MR) is 49.7 cm³/mol. The van der Waals surface area contributed by atoms with Gasteiger partial charge < -0.3 is 5.73 Å². The first-order chi connectivity index (χ1) is 7.39. The Kier molecular flexibility index (Phi) is 2.40. The Hall–Kier alpha value is -1.53. The monoisotopic (exact) mass is 233 g/mol. The van der Waals surface area contributed by atoms with Crippen LogP contribution in [0.5, 0.6) is 0 Å². The third-order valence-electron chi connectivity index (χ3n) is 2.51. The van der Waals surface area contributed by atoms with E-state index in [1.165, 1.54) is 4.68 Å². The number of halogens is 3. The molecule has 1 aromatic heterocycles. The van der Waals surface area contributed by atoms with Crippen LogP contribution in [0, 0.1) is 5.92 Å². The molecule has 88 valence electrons. The molecule has 7 heteroatoms. The van der Waals surface area contributed by atoms with Crippen LogP contribution in [0.25, 0.3) is 0 Å². The average Bonchev–Trinajstić information content (AvgIpc) is 2.91. The number of carbonyl (C=O) groups is 1. The first kappa shape index (κ1) is 11.0. The van der Waals surface area contributed by atoms with Gasteiger partial charge in [0.15, 0.2) is 0 Å². The van der Waals surface area contributed by atoms with Crippen molar-refractivity contribution in [2.75, 3.05) is 5.73 Å². The molecule has 16 heavy (non-hydrogen) atoms. The van der Waals surface area contributed by atoms with Gasteiger partial charge in [-0.3, -0.25) is 4.79 Å². The molecule has 0 bridgehead atoms. The maximum absolute atomic E-state index is 12.2. The first-order valence-electron chi connectivity index (χ1n) is 4.82. The highest BCUT2D eigenvalue weighted by Gasteiger charge is 2.41. The van der Waals surface area contributed by atoms with Crippen molar-refractivity contribution < 1.29 is 18.0 Å². The van der Waals surface area contributed by atoms with Crippen molar-refractivity contribution in [1.29, 1.82) is 0 Å². The van der Waals surface area contributed by atoms with E-state index in [1.54, 1.807) is 0 Å². The van der Waals surface area contributed by atoms with E-state index < -0.39 is 17.5 Å². The van der Waals surface area contributed by atoms with Gasteiger partial charge in [-0.1, -0.05) is 0 Å². The Balaban J connectivity index is 2.22. The summed E-state index contributed by atoms with van der Waals surface area (Å²) in [6, 6.07) is 0. The van der Waals surface area contributed by atoms with E-state index in [-0.39, 0.29) is 5.82 Å². The minimum Gasteiger partial charge on any atom is -0.383 e. The van der Waals surface area contributed by atoms with E-state index in [0.29, 0.717) is 12.5 Å². The number of carbonyl (C=O) groups excluding carboxylic acids is 1. The fourth-order valence-corrected chi connectivity index (χ4v) is 1.41. The number of alkyl halides is 3. The lowest BCUT2D eigenvalue weighted by Crippen LogP contribution is -2.23. The van der Waals surface area contributed by atoms with E-state index in [9.17, 15) is 18.0 Å². The fourth-order valence-electron chi connectivity index (χ4n) is 1.41. The van der Waals surface area contributed by atoms with Crippen molar-refractivity contribution in [3.8, 4) is 0 Å². The zero-order chi connectivity index (χ0) is 11.9. The molecule has 0 atom stereocenters. The molecule has 0 saturated heterocycles. The van der Waals surface area contributed by atoms with E-state index in [0.717, 1.165) is 19.0 Å². The zero-order valence-corrected chi connectivity index (χ0v) is 8.29. The topological polar surface area (TPSA) is 60.9 Å². The fraction of sp³-hybridized carbons (Fsp3) is 0.556. The van der Waals surface area contributed by atoms with Gasteiger partial charge in [-0.25, -0.2) is 4.68 Å². The molecule has 0 unspecified atom stereocenters. The maximum Gasteiger partial charge on any atom is 0.455 e. The molecule has 1 aromatic rings. The molecule has 2 N–H and O–H groups in total. The highest BCUT2D eigenvalue weighted by Crippen LogP contribution is 2.32. The Bertz CT molecular complexity index is 420. The van der Waals surface area contributed by atoms with Crippen molar-refractivity contribution in [1.82, 2.24) is 9.78 Å². The normalized spacial score (nSPS) is 16.4. The SMILES string of the molecule is Nc1c(C(=O)C(F)(F)F)cnn1CC1CC1. The van der Waals surface area contributed by atoms with E-state index in [1.807, 2.05) is 0 Å². The molecule has 1 aliphatic rings. The lowest BCUT2D eigenvalue weighted by molar-refractivity contribution is -0.0884. The van der Waals surface area contributed by atoms with Gasteiger partial charge in [-0.15, -0.1) is 0 Å². The lowest BCUT2D eigenvalue weighted by atomic mass is 10.2. The number of anilines is 1. The van der Waals surface area contributed by atoms with E-state index >= 15 is 0 Å². The summed E-state index contributed by atoms with van der Waals surface area (Å²) in [5.41, 5.74) is 4.89. The van der Waals surface area contributed by atoms with E-state index in [4.69, 9.17) is 5.73 Å². The van der Waals surface area contributed by atoms with Crippen LogP contribution >= 0.6 is 0 Å². The van der Waals surface area contributed by atoms with Crippen LogP contribution in [-0.4, -0.2) is 21.7 Å². The highest BCUT2D eigenvalue weighted by atomic mass is 19.4. The first-order valence-corrected chi connectivity index (χ1v) is 4.82. The molecule has 0 aliphatic heterocycles. The molecule has 0 spiro atoms. The number of rotatable bonds is 3. The number of nitrogen functional groups attached to an aromatic ring is 1. The van der Waals surface area contributed by atoms with Crippen molar-refractivity contribution in [2.24, 2.45) is 5.92 Å². The maximum atomic E-state index is 12.2. The van der Waals surface area contributed by atoms with Crippen LogP contribution in [-0.2, 0) is 6.54 Å². The second-order valence-electron chi connectivity index (χ2n) is 3.90. The van der Waals surface area contributed by atoms with Gasteiger partial charge in [-0.05, 0) is 18.8 Å². The minimum atomic E-state index is -4.90. The minimum absolute atomic E-state index is 0.200. The molecule has 2 rings (SSSR count). The largest absolute Gasteiger partial charge is 0.455 e. The van der Waals surface area contributed by atoms with Gasteiger partial charge in [0, 0.05) is 6.54 Å². The molecule has 1 saturated carbocycles. The van der Waals surface area contributed by atoms with Gasteiger partial charge in [0.05, 0.1) is 11.8 Å². The summed E-state index contributed by atoms with van der Waals surface area (Å²) in [5, 5.41) is 3.70. The molecule has 1 aliphatic carbocycles. The third-order valence-corrected chi connectivity index (χ3v) is 2.51. The van der Waals surface area contributed by atoms with Crippen molar-refractivity contribution >= 4 is 11.6 Å². The quantitative estimate of drug-likeness (QED) is 0.807. The summed E-state index contributed by atoms with van der Waals surface area (Å²) in [6.45, 7) is 0.483. The summed E-state index contributed by atoms with van der Waals surface area (Å²) in [7, 11) is 0. The summed E-state index contributed by atoms with van der Waals surface area (Å²) in [5.74, 6) is -1.71. The number of hydrogen-bond acceptors (Lipinski definition) is 3.